The molecule has 0 bridgehead atoms. The molecule has 0 amide bonds. The number of ether oxygens (including phenoxy) is 1. The molecule has 0 fully saturated rings. The SMILES string of the molecule is NS(=O)(=O)c1ccc(OCC(F)(F)F)c(C(=O)O)c1. The highest BCUT2D eigenvalue weighted by atomic mass is 32.2. The Kier molecular flexibility index (Phi) is 4.06. The van der Waals surface area contributed by atoms with Crippen LogP contribution in [0.25, 0.3) is 0 Å². The van der Waals surface area contributed by atoms with Crippen LogP contribution in [0.15, 0.2) is 23.1 Å². The van der Waals surface area contributed by atoms with E-state index in [4.69, 9.17) is 10.2 Å². The van der Waals surface area contributed by atoms with Crippen molar-refractivity contribution in [3.8, 4) is 5.75 Å². The average Bonchev–Trinajstić information content (AvgIpc) is 2.23. The van der Waals surface area contributed by atoms with Crippen LogP contribution >= 0.6 is 0 Å². The predicted octanol–water partition coefficient (Wildman–Crippen LogP) is 0.973. The van der Waals surface area contributed by atoms with E-state index in [9.17, 15) is 26.4 Å². The van der Waals surface area contributed by atoms with Crippen LogP contribution in [0.3, 0.4) is 0 Å². The smallest absolute Gasteiger partial charge is 0.422 e. The molecule has 0 saturated carbocycles. The standard InChI is InChI=1S/C9H8F3NO5S/c10-9(11,12)4-18-7-2-1-5(19(13,16)17)3-6(7)8(14)15/h1-3H,4H2,(H,14,15)(H2,13,16,17). The maximum absolute atomic E-state index is 12.0. The first-order chi connectivity index (χ1) is 8.50. The molecule has 0 unspecified atom stereocenters. The molecule has 0 spiro atoms. The van der Waals surface area contributed by atoms with E-state index in [0.29, 0.717) is 6.07 Å². The number of carbonyl (C=O) groups is 1. The Balaban J connectivity index is 3.16. The molecule has 106 valence electrons. The number of sulfonamides is 1. The number of hydrogen-bond donors (Lipinski definition) is 2. The first-order valence-electron chi connectivity index (χ1n) is 4.60. The second kappa shape index (κ2) is 5.05. The van der Waals surface area contributed by atoms with Crippen molar-refractivity contribution in [3.05, 3.63) is 23.8 Å². The van der Waals surface area contributed by atoms with Crippen molar-refractivity contribution in [2.24, 2.45) is 5.14 Å². The molecule has 1 rings (SSSR count). The first-order valence-corrected chi connectivity index (χ1v) is 6.15. The summed E-state index contributed by atoms with van der Waals surface area (Å²) in [6.07, 6.45) is -4.64. The lowest BCUT2D eigenvalue weighted by Gasteiger charge is -2.12. The molecular formula is C9H8F3NO5S. The van der Waals surface area contributed by atoms with Gasteiger partial charge < -0.3 is 9.84 Å². The van der Waals surface area contributed by atoms with Gasteiger partial charge in [-0.05, 0) is 18.2 Å². The molecule has 0 radical (unpaired) electrons. The van der Waals surface area contributed by atoms with Gasteiger partial charge >= 0.3 is 12.1 Å². The van der Waals surface area contributed by atoms with Gasteiger partial charge in [-0.25, -0.2) is 18.4 Å². The number of rotatable bonds is 4. The summed E-state index contributed by atoms with van der Waals surface area (Å²) in [6, 6.07) is 2.28. The van der Waals surface area contributed by atoms with Gasteiger partial charge in [-0.1, -0.05) is 0 Å². The Morgan fingerprint density at radius 3 is 2.37 bits per heavy atom. The van der Waals surface area contributed by atoms with Gasteiger partial charge in [-0.15, -0.1) is 0 Å². The Morgan fingerprint density at radius 1 is 1.37 bits per heavy atom. The van der Waals surface area contributed by atoms with E-state index in [2.05, 4.69) is 4.74 Å². The van der Waals surface area contributed by atoms with Crippen molar-refractivity contribution in [1.29, 1.82) is 0 Å². The topological polar surface area (TPSA) is 107 Å². The number of aromatic carboxylic acids is 1. The lowest BCUT2D eigenvalue weighted by atomic mass is 10.2. The second-order valence-electron chi connectivity index (χ2n) is 3.41. The van der Waals surface area contributed by atoms with Crippen LogP contribution in [-0.4, -0.2) is 32.3 Å². The third-order valence-corrected chi connectivity index (χ3v) is 2.81. The largest absolute Gasteiger partial charge is 0.483 e. The predicted molar refractivity (Wildman–Crippen MR) is 56.3 cm³/mol. The summed E-state index contributed by atoms with van der Waals surface area (Å²) < 4.78 is 62.2. The van der Waals surface area contributed by atoms with Gasteiger partial charge in [0.2, 0.25) is 10.0 Å². The van der Waals surface area contributed by atoms with Gasteiger partial charge in [-0.2, -0.15) is 13.2 Å². The van der Waals surface area contributed by atoms with E-state index in [1.165, 1.54) is 0 Å². The van der Waals surface area contributed by atoms with E-state index < -0.39 is 45.0 Å². The first kappa shape index (κ1) is 15.2. The highest BCUT2D eigenvalue weighted by Gasteiger charge is 2.29. The lowest BCUT2D eigenvalue weighted by molar-refractivity contribution is -0.153. The van der Waals surface area contributed by atoms with Gasteiger partial charge in [0.15, 0.2) is 6.61 Å². The van der Waals surface area contributed by atoms with Crippen LogP contribution in [0.2, 0.25) is 0 Å². The summed E-state index contributed by atoms with van der Waals surface area (Å²) in [6.45, 7) is -1.69. The molecule has 19 heavy (non-hydrogen) atoms. The van der Waals surface area contributed by atoms with Gasteiger partial charge in [-0.3, -0.25) is 0 Å². The molecule has 0 aliphatic rings. The molecule has 1 aromatic carbocycles. The van der Waals surface area contributed by atoms with Crippen LogP contribution in [0.4, 0.5) is 13.2 Å². The fourth-order valence-corrected chi connectivity index (χ4v) is 1.68. The van der Waals surface area contributed by atoms with Crippen LogP contribution in [0.5, 0.6) is 5.75 Å². The van der Waals surface area contributed by atoms with Crippen molar-refractivity contribution in [2.45, 2.75) is 11.1 Å². The molecule has 3 N–H and O–H groups in total. The van der Waals surface area contributed by atoms with Crippen molar-refractivity contribution >= 4 is 16.0 Å². The van der Waals surface area contributed by atoms with Crippen LogP contribution in [0, 0.1) is 0 Å². The van der Waals surface area contributed by atoms with Gasteiger partial charge in [0, 0.05) is 0 Å². The number of primary sulfonamides is 1. The van der Waals surface area contributed by atoms with E-state index in [1.807, 2.05) is 0 Å². The zero-order valence-corrected chi connectivity index (χ0v) is 9.96. The Labute approximate surface area is 105 Å². The molecule has 0 aliphatic carbocycles. The number of carboxylic acid groups (broad SMARTS) is 1. The third kappa shape index (κ3) is 4.41. The zero-order valence-electron chi connectivity index (χ0n) is 9.14. The quantitative estimate of drug-likeness (QED) is 0.861. The Hall–Kier alpha value is -1.81. The van der Waals surface area contributed by atoms with Crippen LogP contribution in [-0.2, 0) is 10.0 Å². The highest BCUT2D eigenvalue weighted by molar-refractivity contribution is 7.89. The number of hydrogen-bond acceptors (Lipinski definition) is 4. The molecule has 6 nitrogen and oxygen atoms in total. The number of benzene rings is 1. The summed E-state index contributed by atoms with van der Waals surface area (Å²) in [7, 11) is -4.16. The normalized spacial score (nSPS) is 12.2. The molecule has 0 saturated heterocycles. The summed E-state index contributed by atoms with van der Waals surface area (Å²) in [5.74, 6) is -2.24. The molecule has 0 heterocycles. The number of halogens is 3. The fraction of sp³-hybridized carbons (Fsp3) is 0.222. The number of alkyl halides is 3. The van der Waals surface area contributed by atoms with E-state index in [-0.39, 0.29) is 0 Å². The maximum atomic E-state index is 12.0. The summed E-state index contributed by atoms with van der Waals surface area (Å²) in [5, 5.41) is 13.6. The molecule has 10 heteroatoms. The second-order valence-corrected chi connectivity index (χ2v) is 4.97. The minimum absolute atomic E-state index is 0.538. The maximum Gasteiger partial charge on any atom is 0.422 e. The summed E-state index contributed by atoms with van der Waals surface area (Å²) in [4.78, 5) is 10.3. The average molecular weight is 299 g/mol. The molecule has 0 aromatic heterocycles. The summed E-state index contributed by atoms with van der Waals surface area (Å²) >= 11 is 0. The van der Waals surface area contributed by atoms with Crippen molar-refractivity contribution < 1.29 is 36.2 Å². The minimum Gasteiger partial charge on any atom is -0.483 e. The lowest BCUT2D eigenvalue weighted by Crippen LogP contribution is -2.20. The molecule has 0 aliphatic heterocycles. The van der Waals surface area contributed by atoms with Crippen molar-refractivity contribution in [1.82, 2.24) is 0 Å². The minimum atomic E-state index is -4.64. The van der Waals surface area contributed by atoms with E-state index in [1.54, 1.807) is 0 Å². The summed E-state index contributed by atoms with van der Waals surface area (Å²) in [5.41, 5.74) is -0.726. The van der Waals surface area contributed by atoms with Crippen molar-refractivity contribution in [2.75, 3.05) is 6.61 Å². The third-order valence-electron chi connectivity index (χ3n) is 1.90. The fourth-order valence-electron chi connectivity index (χ4n) is 1.14. The number of nitrogens with two attached hydrogens (primary N) is 1. The van der Waals surface area contributed by atoms with Gasteiger partial charge in [0.05, 0.1) is 4.90 Å². The zero-order chi connectivity index (χ0) is 14.8. The van der Waals surface area contributed by atoms with Gasteiger partial charge in [0.25, 0.3) is 0 Å². The van der Waals surface area contributed by atoms with Crippen LogP contribution < -0.4 is 9.88 Å². The van der Waals surface area contributed by atoms with E-state index >= 15 is 0 Å². The van der Waals surface area contributed by atoms with Crippen LogP contribution in [0.1, 0.15) is 10.4 Å². The van der Waals surface area contributed by atoms with E-state index in [0.717, 1.165) is 12.1 Å². The monoisotopic (exact) mass is 299 g/mol. The molecule has 1 aromatic rings. The Bertz CT molecular complexity index is 596. The molecular weight excluding hydrogens is 291 g/mol. The van der Waals surface area contributed by atoms with Gasteiger partial charge in [0.1, 0.15) is 11.3 Å². The number of carboxylic acids is 1. The highest BCUT2D eigenvalue weighted by Crippen LogP contribution is 2.24. The molecule has 0 atom stereocenters. The van der Waals surface area contributed by atoms with Crippen molar-refractivity contribution in [3.63, 3.8) is 0 Å². The Morgan fingerprint density at radius 2 is 1.95 bits per heavy atom.